The van der Waals surface area contributed by atoms with Crippen LogP contribution in [-0.4, -0.2) is 9.85 Å². The van der Waals surface area contributed by atoms with Gasteiger partial charge >= 0.3 is 0 Å². The van der Waals surface area contributed by atoms with Crippen molar-refractivity contribution in [3.05, 3.63) is 47.8 Å². The summed E-state index contributed by atoms with van der Waals surface area (Å²) in [7, 11) is 0. The number of allylic oxidation sites excluding steroid dienone is 4. The molecule has 0 bridgehead atoms. The highest BCUT2D eigenvalue weighted by atomic mass is 32.1. The summed E-state index contributed by atoms with van der Waals surface area (Å²) >= 11 is 5.20. The van der Waals surface area contributed by atoms with Crippen molar-refractivity contribution in [1.29, 1.82) is 0 Å². The van der Waals surface area contributed by atoms with Crippen molar-refractivity contribution < 1.29 is 0 Å². The highest BCUT2D eigenvalue weighted by Gasteiger charge is 2.08. The van der Waals surface area contributed by atoms with Gasteiger partial charge in [-0.25, -0.2) is 0 Å². The van der Waals surface area contributed by atoms with E-state index in [-0.39, 0.29) is 0 Å². The summed E-state index contributed by atoms with van der Waals surface area (Å²) in [5.74, 6) is 0. The van der Waals surface area contributed by atoms with E-state index in [0.29, 0.717) is 0 Å². The molecule has 0 atom stereocenters. The van der Waals surface area contributed by atoms with Crippen LogP contribution in [0.5, 0.6) is 0 Å². The molecular formula is C12H11NS. The van der Waals surface area contributed by atoms with E-state index in [1.54, 1.807) is 0 Å². The van der Waals surface area contributed by atoms with E-state index in [4.69, 9.17) is 12.2 Å². The number of pyridine rings is 1. The second kappa shape index (κ2) is 3.84. The Kier molecular flexibility index (Phi) is 2.55. The third-order valence-electron chi connectivity index (χ3n) is 2.28. The Labute approximate surface area is 89.2 Å². The number of nitrogens with zero attached hydrogens (tertiary/aromatic N) is 1. The molecule has 0 saturated carbocycles. The fourth-order valence-electron chi connectivity index (χ4n) is 1.45. The van der Waals surface area contributed by atoms with Crippen molar-refractivity contribution in [2.24, 2.45) is 0 Å². The molecule has 1 heterocycles. The van der Waals surface area contributed by atoms with E-state index in [1.807, 2.05) is 24.4 Å². The smallest absolute Gasteiger partial charge is 0.0698 e. The zero-order valence-corrected chi connectivity index (χ0v) is 8.84. The summed E-state index contributed by atoms with van der Waals surface area (Å²) < 4.78 is 0. The molecule has 0 spiro atoms. The minimum Gasteiger partial charge on any atom is -0.256 e. The Balaban J connectivity index is 2.35. The van der Waals surface area contributed by atoms with Crippen LogP contribution in [0.2, 0.25) is 0 Å². The number of thiocarbonyl (C=S) groups is 1. The predicted octanol–water partition coefficient (Wildman–Crippen LogP) is 3.18. The molecular weight excluding hydrogens is 190 g/mol. The molecule has 0 saturated heterocycles. The van der Waals surface area contributed by atoms with Crippen molar-refractivity contribution in [1.82, 2.24) is 4.98 Å². The van der Waals surface area contributed by atoms with Crippen LogP contribution in [0.15, 0.2) is 42.1 Å². The average molecular weight is 201 g/mol. The van der Waals surface area contributed by atoms with Gasteiger partial charge in [-0.05, 0) is 36.3 Å². The molecule has 0 aromatic carbocycles. The molecule has 0 unspecified atom stereocenters. The molecule has 0 N–H and O–H groups in total. The first-order chi connectivity index (χ1) is 6.77. The van der Waals surface area contributed by atoms with Gasteiger partial charge < -0.3 is 0 Å². The van der Waals surface area contributed by atoms with Gasteiger partial charge in [0.1, 0.15) is 0 Å². The molecule has 1 aliphatic rings. The van der Waals surface area contributed by atoms with Crippen molar-refractivity contribution in [3.63, 3.8) is 0 Å². The van der Waals surface area contributed by atoms with Gasteiger partial charge in [-0.1, -0.05) is 24.4 Å². The zero-order chi connectivity index (χ0) is 9.97. The van der Waals surface area contributed by atoms with Crippen LogP contribution in [0.4, 0.5) is 0 Å². The van der Waals surface area contributed by atoms with Crippen LogP contribution in [0.3, 0.4) is 0 Å². The summed E-state index contributed by atoms with van der Waals surface area (Å²) in [5, 5.41) is 0. The lowest BCUT2D eigenvalue weighted by Crippen LogP contribution is -2.01. The van der Waals surface area contributed by atoms with Gasteiger partial charge in [0.15, 0.2) is 0 Å². The lowest BCUT2D eigenvalue weighted by atomic mass is 9.98. The molecule has 1 nitrogen and oxygen atoms in total. The predicted molar refractivity (Wildman–Crippen MR) is 63.2 cm³/mol. The van der Waals surface area contributed by atoms with Gasteiger partial charge in [-0.15, -0.1) is 0 Å². The largest absolute Gasteiger partial charge is 0.256 e. The first-order valence-electron chi connectivity index (χ1n) is 4.60. The van der Waals surface area contributed by atoms with Crippen LogP contribution in [0, 0.1) is 0 Å². The Hall–Kier alpha value is -1.28. The quantitative estimate of drug-likeness (QED) is 0.647. The third kappa shape index (κ3) is 1.80. The maximum Gasteiger partial charge on any atom is 0.0698 e. The molecule has 1 aliphatic carbocycles. The van der Waals surface area contributed by atoms with Crippen molar-refractivity contribution in [3.8, 4) is 0 Å². The van der Waals surface area contributed by atoms with Crippen LogP contribution >= 0.6 is 12.2 Å². The van der Waals surface area contributed by atoms with Gasteiger partial charge in [0, 0.05) is 17.5 Å². The fraction of sp³-hybridized carbons (Fsp3) is 0.167. The summed E-state index contributed by atoms with van der Waals surface area (Å²) in [6.45, 7) is 2.05. The van der Waals surface area contributed by atoms with Crippen LogP contribution < -0.4 is 0 Å². The maximum absolute atomic E-state index is 5.20. The van der Waals surface area contributed by atoms with E-state index >= 15 is 0 Å². The summed E-state index contributed by atoms with van der Waals surface area (Å²) in [6.07, 6.45) is 6.92. The Morgan fingerprint density at radius 1 is 1.36 bits per heavy atom. The van der Waals surface area contributed by atoms with Gasteiger partial charge in [0.2, 0.25) is 0 Å². The fourth-order valence-corrected chi connectivity index (χ4v) is 1.59. The molecule has 0 amide bonds. The first kappa shape index (κ1) is 9.28. The van der Waals surface area contributed by atoms with E-state index in [9.17, 15) is 0 Å². The standard InChI is InChI=1S/C12H11NS/c1-9-8-10(5-6-12(9)14)11-4-2-3-7-13-11/h2-5,7-8H,6H2,1H3. The van der Waals surface area contributed by atoms with Gasteiger partial charge in [-0.3, -0.25) is 4.98 Å². The third-order valence-corrected chi connectivity index (χ3v) is 2.77. The Morgan fingerprint density at radius 3 is 2.86 bits per heavy atom. The van der Waals surface area contributed by atoms with Crippen molar-refractivity contribution >= 4 is 22.7 Å². The minimum absolute atomic E-state index is 0.865. The second-order valence-electron chi connectivity index (χ2n) is 3.33. The lowest BCUT2D eigenvalue weighted by Gasteiger charge is -2.10. The minimum atomic E-state index is 0.865. The van der Waals surface area contributed by atoms with Crippen molar-refractivity contribution in [2.75, 3.05) is 0 Å². The highest BCUT2D eigenvalue weighted by molar-refractivity contribution is 7.80. The zero-order valence-electron chi connectivity index (χ0n) is 8.03. The van der Waals surface area contributed by atoms with Gasteiger partial charge in [-0.2, -0.15) is 0 Å². The Bertz CT molecular complexity index is 415. The van der Waals surface area contributed by atoms with E-state index in [0.717, 1.165) is 17.0 Å². The van der Waals surface area contributed by atoms with E-state index in [2.05, 4.69) is 24.1 Å². The topological polar surface area (TPSA) is 12.9 Å². The molecule has 0 fully saturated rings. The first-order valence-corrected chi connectivity index (χ1v) is 5.01. The normalized spacial score (nSPS) is 16.2. The van der Waals surface area contributed by atoms with E-state index in [1.165, 1.54) is 11.1 Å². The molecule has 2 heteroatoms. The van der Waals surface area contributed by atoms with Crippen LogP contribution in [-0.2, 0) is 0 Å². The average Bonchev–Trinajstić information content (AvgIpc) is 2.23. The van der Waals surface area contributed by atoms with Gasteiger partial charge in [0.25, 0.3) is 0 Å². The summed E-state index contributed by atoms with van der Waals surface area (Å²) in [4.78, 5) is 5.34. The summed E-state index contributed by atoms with van der Waals surface area (Å²) in [6, 6.07) is 5.94. The molecule has 14 heavy (non-hydrogen) atoms. The van der Waals surface area contributed by atoms with Crippen LogP contribution in [0.1, 0.15) is 19.0 Å². The molecule has 0 aliphatic heterocycles. The highest BCUT2D eigenvalue weighted by Crippen LogP contribution is 2.22. The number of aromatic nitrogens is 1. The lowest BCUT2D eigenvalue weighted by molar-refractivity contribution is 1.26. The molecule has 70 valence electrons. The molecule has 2 rings (SSSR count). The molecule has 0 radical (unpaired) electrons. The molecule has 1 aromatic rings. The van der Waals surface area contributed by atoms with Crippen LogP contribution in [0.25, 0.3) is 5.57 Å². The van der Waals surface area contributed by atoms with E-state index < -0.39 is 0 Å². The maximum atomic E-state index is 5.20. The monoisotopic (exact) mass is 201 g/mol. The number of rotatable bonds is 1. The van der Waals surface area contributed by atoms with Gasteiger partial charge in [0.05, 0.1) is 5.69 Å². The SMILES string of the molecule is CC1=CC(c2ccccn2)=CCC1=S. The Morgan fingerprint density at radius 2 is 2.21 bits per heavy atom. The number of hydrogen-bond acceptors (Lipinski definition) is 2. The van der Waals surface area contributed by atoms with Crippen molar-refractivity contribution in [2.45, 2.75) is 13.3 Å². The summed E-state index contributed by atoms with van der Waals surface area (Å²) in [5.41, 5.74) is 3.38. The number of hydrogen-bond donors (Lipinski definition) is 0. The second-order valence-corrected chi connectivity index (χ2v) is 3.82. The molecule has 1 aromatic heterocycles.